The molecule has 7 nitrogen and oxygen atoms in total. The van der Waals surface area contributed by atoms with Crippen molar-refractivity contribution in [3.8, 4) is 11.3 Å². The van der Waals surface area contributed by atoms with Crippen molar-refractivity contribution in [3.63, 3.8) is 0 Å². The highest BCUT2D eigenvalue weighted by Gasteiger charge is 2.19. The highest BCUT2D eigenvalue weighted by atomic mass is 16.2. The lowest BCUT2D eigenvalue weighted by Crippen LogP contribution is -2.24. The Hall–Kier alpha value is -4.00. The highest BCUT2D eigenvalue weighted by molar-refractivity contribution is 6.07. The lowest BCUT2D eigenvalue weighted by Gasteiger charge is -2.12. The monoisotopic (exact) mass is 455 g/mol. The van der Waals surface area contributed by atoms with Gasteiger partial charge in [0.1, 0.15) is 0 Å². The third-order valence-electron chi connectivity index (χ3n) is 5.99. The summed E-state index contributed by atoms with van der Waals surface area (Å²) in [6, 6.07) is 19.1. The normalized spacial score (nSPS) is 11.9. The van der Waals surface area contributed by atoms with Crippen LogP contribution in [0.15, 0.2) is 60.7 Å². The summed E-state index contributed by atoms with van der Waals surface area (Å²) in [6.07, 6.45) is 0.778. The molecule has 1 atom stereocenters. The molecule has 0 saturated heterocycles. The van der Waals surface area contributed by atoms with Gasteiger partial charge in [0, 0.05) is 30.8 Å². The van der Waals surface area contributed by atoms with E-state index in [-0.39, 0.29) is 17.7 Å². The predicted octanol–water partition coefficient (Wildman–Crippen LogP) is 4.86. The molecule has 2 amide bonds. The number of anilines is 1. The summed E-state index contributed by atoms with van der Waals surface area (Å²) >= 11 is 0. The van der Waals surface area contributed by atoms with E-state index in [1.165, 1.54) is 0 Å². The van der Waals surface area contributed by atoms with Crippen molar-refractivity contribution < 1.29 is 9.59 Å². The van der Waals surface area contributed by atoms with E-state index >= 15 is 0 Å². The van der Waals surface area contributed by atoms with Gasteiger partial charge in [-0.3, -0.25) is 14.3 Å². The van der Waals surface area contributed by atoms with Gasteiger partial charge in [-0.05, 0) is 37.1 Å². The molecule has 174 valence electrons. The molecule has 4 rings (SSSR count). The quantitative estimate of drug-likeness (QED) is 0.417. The number of nitrogens with one attached hydrogen (secondary N) is 2. The second-order valence-corrected chi connectivity index (χ2v) is 8.51. The van der Waals surface area contributed by atoms with Crippen LogP contribution in [0.25, 0.3) is 22.3 Å². The van der Waals surface area contributed by atoms with E-state index in [0.717, 1.165) is 40.0 Å². The molecule has 0 aliphatic rings. The molecule has 0 bridgehead atoms. The van der Waals surface area contributed by atoms with E-state index in [4.69, 9.17) is 4.98 Å². The largest absolute Gasteiger partial charge is 0.348 e. The number of rotatable bonds is 7. The molecule has 0 aliphatic heterocycles. The summed E-state index contributed by atoms with van der Waals surface area (Å²) in [5.41, 5.74) is 5.22. The molecule has 2 N–H and O–H groups in total. The van der Waals surface area contributed by atoms with Crippen LogP contribution in [-0.4, -0.2) is 26.6 Å². The maximum atomic E-state index is 13.3. The zero-order valence-electron chi connectivity index (χ0n) is 19.9. The van der Waals surface area contributed by atoms with Crippen LogP contribution in [0.3, 0.4) is 0 Å². The third-order valence-corrected chi connectivity index (χ3v) is 5.99. The summed E-state index contributed by atoms with van der Waals surface area (Å²) < 4.78 is 1.71. The Kier molecular flexibility index (Phi) is 6.72. The lowest BCUT2D eigenvalue weighted by atomic mass is 10.0. The molecular weight excluding hydrogens is 426 g/mol. The van der Waals surface area contributed by atoms with Crippen LogP contribution >= 0.6 is 0 Å². The number of aryl methyl sites for hydroxylation is 2. The van der Waals surface area contributed by atoms with Gasteiger partial charge >= 0.3 is 0 Å². The predicted molar refractivity (Wildman–Crippen MR) is 134 cm³/mol. The molecule has 2 aromatic heterocycles. The summed E-state index contributed by atoms with van der Waals surface area (Å²) in [6.45, 7) is 6.10. The van der Waals surface area contributed by atoms with Crippen molar-refractivity contribution in [1.29, 1.82) is 0 Å². The minimum Gasteiger partial charge on any atom is -0.348 e. The molecule has 0 spiro atoms. The van der Waals surface area contributed by atoms with Crippen LogP contribution in [0.4, 0.5) is 5.69 Å². The first-order chi connectivity index (χ1) is 16.4. The minimum atomic E-state index is -0.199. The first kappa shape index (κ1) is 23.2. The average molecular weight is 456 g/mol. The van der Waals surface area contributed by atoms with Crippen LogP contribution in [0.1, 0.15) is 41.9 Å². The molecular formula is C27H29N5O2. The third kappa shape index (κ3) is 4.83. The summed E-state index contributed by atoms with van der Waals surface area (Å²) in [5.74, 6) is -0.267. The number of benzene rings is 2. The van der Waals surface area contributed by atoms with Gasteiger partial charge in [0.15, 0.2) is 5.65 Å². The Morgan fingerprint density at radius 2 is 1.82 bits per heavy atom. The van der Waals surface area contributed by atoms with Crippen molar-refractivity contribution >= 4 is 28.5 Å². The van der Waals surface area contributed by atoms with Gasteiger partial charge < -0.3 is 10.6 Å². The second kappa shape index (κ2) is 9.87. The highest BCUT2D eigenvalue weighted by Crippen LogP contribution is 2.27. The Morgan fingerprint density at radius 1 is 1.06 bits per heavy atom. The van der Waals surface area contributed by atoms with Crippen LogP contribution in [0.2, 0.25) is 0 Å². The Bertz CT molecular complexity index is 1340. The van der Waals surface area contributed by atoms with Gasteiger partial charge in [0.2, 0.25) is 5.91 Å². The number of fused-ring (bicyclic) bond motifs is 1. The number of pyridine rings is 1. The Balaban J connectivity index is 1.59. The Labute approximate surface area is 199 Å². The van der Waals surface area contributed by atoms with Crippen molar-refractivity contribution in [2.75, 3.05) is 5.32 Å². The Morgan fingerprint density at radius 3 is 2.56 bits per heavy atom. The fourth-order valence-corrected chi connectivity index (χ4v) is 3.87. The van der Waals surface area contributed by atoms with E-state index < -0.39 is 0 Å². The zero-order valence-corrected chi connectivity index (χ0v) is 19.9. The van der Waals surface area contributed by atoms with E-state index in [1.807, 2.05) is 88.5 Å². The fourth-order valence-electron chi connectivity index (χ4n) is 3.87. The molecule has 2 heterocycles. The topological polar surface area (TPSA) is 88.9 Å². The second-order valence-electron chi connectivity index (χ2n) is 8.51. The molecule has 1 unspecified atom stereocenters. The number of carbonyl (C=O) groups excluding carboxylic acids is 2. The van der Waals surface area contributed by atoms with Crippen LogP contribution in [0, 0.1) is 12.8 Å². The first-order valence-electron chi connectivity index (χ1n) is 11.4. The van der Waals surface area contributed by atoms with Gasteiger partial charge in [-0.25, -0.2) is 4.98 Å². The smallest absolute Gasteiger partial charge is 0.252 e. The van der Waals surface area contributed by atoms with Crippen molar-refractivity contribution in [1.82, 2.24) is 20.1 Å². The minimum absolute atomic E-state index is 0.0108. The van der Waals surface area contributed by atoms with Gasteiger partial charge in [-0.2, -0.15) is 5.10 Å². The summed E-state index contributed by atoms with van der Waals surface area (Å²) in [4.78, 5) is 30.3. The zero-order chi connectivity index (χ0) is 24.2. The van der Waals surface area contributed by atoms with Crippen LogP contribution < -0.4 is 10.6 Å². The standard InChI is InChI=1S/C27H29N5O2/c1-5-17(2)26(33)29-21-13-9-10-19(14-21)16-28-27(34)22-15-23(20-11-7-6-8-12-20)30-25-24(22)18(3)31-32(25)4/h6-15,17H,5,16H2,1-4H3,(H,28,34)(H,29,33). The van der Waals surface area contributed by atoms with Crippen LogP contribution in [-0.2, 0) is 18.4 Å². The molecule has 0 fully saturated rings. The summed E-state index contributed by atoms with van der Waals surface area (Å²) in [5, 5.41) is 11.2. The molecule has 0 saturated carbocycles. The molecule has 7 heteroatoms. The first-order valence-corrected chi connectivity index (χ1v) is 11.4. The summed E-state index contributed by atoms with van der Waals surface area (Å²) in [7, 11) is 1.83. The number of carbonyl (C=O) groups is 2. The van der Waals surface area contributed by atoms with Crippen molar-refractivity contribution in [3.05, 3.63) is 77.5 Å². The van der Waals surface area contributed by atoms with E-state index in [1.54, 1.807) is 4.68 Å². The fraction of sp³-hybridized carbons (Fsp3) is 0.259. The van der Waals surface area contributed by atoms with Gasteiger partial charge in [0.05, 0.1) is 22.3 Å². The number of hydrogen-bond donors (Lipinski definition) is 2. The molecule has 0 aliphatic carbocycles. The van der Waals surface area contributed by atoms with E-state index in [9.17, 15) is 9.59 Å². The van der Waals surface area contributed by atoms with Crippen LogP contribution in [0.5, 0.6) is 0 Å². The van der Waals surface area contributed by atoms with Gasteiger partial charge in [-0.15, -0.1) is 0 Å². The number of nitrogens with zero attached hydrogens (tertiary/aromatic N) is 3. The van der Waals surface area contributed by atoms with Gasteiger partial charge in [0.25, 0.3) is 5.91 Å². The number of aromatic nitrogens is 3. The molecule has 2 aromatic carbocycles. The van der Waals surface area contributed by atoms with Crippen molar-refractivity contribution in [2.24, 2.45) is 13.0 Å². The SMILES string of the molecule is CCC(C)C(=O)Nc1cccc(CNC(=O)c2cc(-c3ccccc3)nc3c2c(C)nn3C)c1. The average Bonchev–Trinajstić information content (AvgIpc) is 3.15. The van der Waals surface area contributed by atoms with Crippen molar-refractivity contribution in [2.45, 2.75) is 33.7 Å². The number of hydrogen-bond acceptors (Lipinski definition) is 4. The maximum Gasteiger partial charge on any atom is 0.252 e. The maximum absolute atomic E-state index is 13.3. The van der Waals surface area contributed by atoms with E-state index in [2.05, 4.69) is 15.7 Å². The van der Waals surface area contributed by atoms with Gasteiger partial charge in [-0.1, -0.05) is 56.3 Å². The molecule has 34 heavy (non-hydrogen) atoms. The van der Waals surface area contributed by atoms with E-state index in [0.29, 0.717) is 17.8 Å². The molecule has 0 radical (unpaired) electrons. The lowest BCUT2D eigenvalue weighted by molar-refractivity contribution is -0.119. The molecule has 4 aromatic rings. The number of amides is 2.